The molecule has 0 aliphatic carbocycles. The fraction of sp³-hybridized carbons (Fsp3) is 0.235. The number of benzene rings is 3. The van der Waals surface area contributed by atoms with Gasteiger partial charge in [-0.05, 0) is 64.2 Å². The molecule has 0 spiro atoms. The van der Waals surface area contributed by atoms with E-state index in [2.05, 4.69) is 87.2 Å². The van der Waals surface area contributed by atoms with Gasteiger partial charge in [-0.2, -0.15) is 0 Å². The van der Waals surface area contributed by atoms with Crippen molar-refractivity contribution in [3.8, 4) is 17.0 Å². The Kier molecular flexibility index (Phi) is 7.22. The number of pyridine rings is 2. The zero-order chi connectivity index (χ0) is 27.5. The average Bonchev–Trinajstić information content (AvgIpc) is 2.93. The summed E-state index contributed by atoms with van der Waals surface area (Å²) in [6.07, 6.45) is 1.90. The fourth-order valence-electron chi connectivity index (χ4n) is 5.66. The Morgan fingerprint density at radius 3 is 2.45 bits per heavy atom. The molecule has 6 heteroatoms. The molecule has 0 atom stereocenters. The maximum atomic E-state index is 10.7. The van der Waals surface area contributed by atoms with Crippen LogP contribution in [0.15, 0.2) is 79.0 Å². The monoisotopic (exact) mass is 708 g/mol. The number of aromatic nitrogens is 2. The van der Waals surface area contributed by atoms with Gasteiger partial charge in [0.2, 0.25) is 0 Å². The van der Waals surface area contributed by atoms with Crippen LogP contribution >= 0.6 is 0 Å². The topological polar surface area (TPSA) is 52.5 Å². The van der Waals surface area contributed by atoms with Gasteiger partial charge in [0.05, 0.1) is 0 Å². The number of anilines is 4. The van der Waals surface area contributed by atoms with Crippen molar-refractivity contribution in [3.63, 3.8) is 0 Å². The summed E-state index contributed by atoms with van der Waals surface area (Å²) in [4.78, 5) is 14.0. The van der Waals surface area contributed by atoms with Crippen molar-refractivity contribution in [3.05, 3.63) is 102 Å². The van der Waals surface area contributed by atoms with E-state index >= 15 is 0 Å². The van der Waals surface area contributed by atoms with Gasteiger partial charge in [-0.25, -0.2) is 4.98 Å². The Labute approximate surface area is 250 Å². The molecular weight excluding hydrogens is 675 g/mol. The van der Waals surface area contributed by atoms with Crippen LogP contribution < -0.4 is 9.80 Å². The number of hydrogen-bond donors (Lipinski definition) is 1. The Balaban J connectivity index is 0.00000323. The Hall–Kier alpha value is -3.69. The summed E-state index contributed by atoms with van der Waals surface area (Å²) in [7, 11) is 3.99. The molecule has 206 valence electrons. The maximum Gasteiger partial charge on any atom is 0.140 e. The summed E-state index contributed by atoms with van der Waals surface area (Å²) in [5, 5.41) is 11.6. The normalized spacial score (nSPS) is 13.5. The smallest absolute Gasteiger partial charge is 0.140 e. The maximum absolute atomic E-state index is 10.7. The molecule has 0 bridgehead atoms. The van der Waals surface area contributed by atoms with Crippen molar-refractivity contribution in [2.75, 3.05) is 23.9 Å². The van der Waals surface area contributed by atoms with Crippen molar-refractivity contribution < 1.29 is 26.2 Å². The van der Waals surface area contributed by atoms with Crippen LogP contribution in [0.5, 0.6) is 5.75 Å². The minimum atomic E-state index is -0.219. The van der Waals surface area contributed by atoms with Crippen LogP contribution in [-0.4, -0.2) is 29.2 Å². The summed E-state index contributed by atoms with van der Waals surface area (Å²) in [5.41, 5.74) is 8.75. The van der Waals surface area contributed by atoms with Gasteiger partial charge in [-0.1, -0.05) is 63.6 Å². The minimum Gasteiger partial charge on any atom is -0.506 e. The molecule has 1 N–H and O–H groups in total. The van der Waals surface area contributed by atoms with Gasteiger partial charge in [0.15, 0.2) is 0 Å². The third-order valence-electron chi connectivity index (χ3n) is 7.88. The predicted octanol–water partition coefficient (Wildman–Crippen LogP) is 8.10. The van der Waals surface area contributed by atoms with Gasteiger partial charge in [0, 0.05) is 58.1 Å². The first kappa shape index (κ1) is 27.9. The second kappa shape index (κ2) is 10.4. The van der Waals surface area contributed by atoms with Gasteiger partial charge in [0.25, 0.3) is 0 Å². The van der Waals surface area contributed by atoms with E-state index in [1.807, 2.05) is 43.4 Å². The predicted molar refractivity (Wildman–Crippen MR) is 161 cm³/mol. The van der Waals surface area contributed by atoms with E-state index in [4.69, 9.17) is 9.97 Å². The number of rotatable bonds is 4. The molecule has 1 aliphatic heterocycles. The van der Waals surface area contributed by atoms with Crippen LogP contribution in [0.3, 0.4) is 0 Å². The van der Waals surface area contributed by atoms with Gasteiger partial charge in [-0.3, -0.25) is 4.98 Å². The SMILES string of the molecule is CC(C)c1ccnc(N2c3[c-]c(-c4ccc5c(N(C)C)ccc(O)c5n4)ccc3C(C)(C)c3ccccc32)c1.[Pt]. The number of phenolic OH excluding ortho intramolecular Hbond substituents is 1. The molecule has 0 fully saturated rings. The zero-order valence-corrected chi connectivity index (χ0v) is 25.9. The molecule has 3 aromatic carbocycles. The van der Waals surface area contributed by atoms with Crippen molar-refractivity contribution in [2.45, 2.75) is 39.0 Å². The number of fused-ring (bicyclic) bond motifs is 3. The standard InChI is InChI=1S/C34H33N4O.Pt/c1-21(2)22-17-18-35-32(20-22)38-29-10-8-7-9-25(29)34(3,4)26-13-11-23(19-30(26)38)27-14-12-24-28(37(5)6)15-16-31(39)33(24)36-27;/h7-18,20-21,39H,1-6H3;/q-1;. The third kappa shape index (κ3) is 4.47. The number of phenols is 1. The van der Waals surface area contributed by atoms with Crippen LogP contribution in [0.2, 0.25) is 0 Å². The molecule has 5 nitrogen and oxygen atoms in total. The third-order valence-corrected chi connectivity index (χ3v) is 7.88. The first-order valence-corrected chi connectivity index (χ1v) is 13.4. The van der Waals surface area contributed by atoms with Gasteiger partial charge in [0.1, 0.15) is 17.1 Å². The Morgan fingerprint density at radius 2 is 1.70 bits per heavy atom. The van der Waals surface area contributed by atoms with E-state index in [1.54, 1.807) is 6.07 Å². The first-order valence-electron chi connectivity index (χ1n) is 13.4. The minimum absolute atomic E-state index is 0. The van der Waals surface area contributed by atoms with Crippen LogP contribution in [0.4, 0.5) is 22.9 Å². The fourth-order valence-corrected chi connectivity index (χ4v) is 5.66. The molecule has 0 amide bonds. The molecule has 0 saturated heterocycles. The molecular formula is C34H33N4OPt-. The molecule has 6 rings (SSSR count). The largest absolute Gasteiger partial charge is 0.506 e. The summed E-state index contributed by atoms with van der Waals surface area (Å²) < 4.78 is 0. The summed E-state index contributed by atoms with van der Waals surface area (Å²) in [5.74, 6) is 1.43. The van der Waals surface area contributed by atoms with Crippen LogP contribution in [0.1, 0.15) is 50.3 Å². The Bertz CT molecular complexity index is 1730. The molecule has 1 aliphatic rings. The van der Waals surface area contributed by atoms with Crippen molar-refractivity contribution in [2.24, 2.45) is 0 Å². The number of para-hydroxylation sites is 1. The first-order chi connectivity index (χ1) is 18.7. The number of nitrogens with zero attached hydrogens (tertiary/aromatic N) is 4. The Morgan fingerprint density at radius 1 is 0.925 bits per heavy atom. The summed E-state index contributed by atoms with van der Waals surface area (Å²) in [6.45, 7) is 8.94. The van der Waals surface area contributed by atoms with E-state index in [0.717, 1.165) is 39.5 Å². The van der Waals surface area contributed by atoms with Crippen LogP contribution in [-0.2, 0) is 26.5 Å². The van der Waals surface area contributed by atoms with E-state index in [0.29, 0.717) is 11.4 Å². The van der Waals surface area contributed by atoms with E-state index in [9.17, 15) is 5.11 Å². The van der Waals surface area contributed by atoms with Crippen LogP contribution in [0.25, 0.3) is 22.2 Å². The number of aromatic hydroxyl groups is 1. The van der Waals surface area contributed by atoms with Gasteiger partial charge in [-0.15, -0.1) is 23.8 Å². The molecule has 0 radical (unpaired) electrons. The quantitative estimate of drug-likeness (QED) is 0.191. The average molecular weight is 709 g/mol. The van der Waals surface area contributed by atoms with E-state index < -0.39 is 0 Å². The van der Waals surface area contributed by atoms with E-state index in [-0.39, 0.29) is 32.2 Å². The molecule has 40 heavy (non-hydrogen) atoms. The molecule has 0 saturated carbocycles. The number of hydrogen-bond acceptors (Lipinski definition) is 5. The van der Waals surface area contributed by atoms with E-state index in [1.165, 1.54) is 16.7 Å². The summed E-state index contributed by atoms with van der Waals surface area (Å²) in [6, 6.07) is 28.5. The second-order valence-corrected chi connectivity index (χ2v) is 11.3. The molecule has 3 heterocycles. The molecule has 5 aromatic rings. The van der Waals surface area contributed by atoms with Crippen LogP contribution in [0, 0.1) is 6.07 Å². The van der Waals surface area contributed by atoms with Crippen molar-refractivity contribution >= 4 is 33.8 Å². The van der Waals surface area contributed by atoms with Crippen molar-refractivity contribution in [1.29, 1.82) is 0 Å². The molecule has 2 aromatic heterocycles. The summed E-state index contributed by atoms with van der Waals surface area (Å²) >= 11 is 0. The zero-order valence-electron chi connectivity index (χ0n) is 23.6. The van der Waals surface area contributed by atoms with Gasteiger partial charge < -0.3 is 14.9 Å². The van der Waals surface area contributed by atoms with Crippen molar-refractivity contribution in [1.82, 2.24) is 9.97 Å². The molecule has 0 unspecified atom stereocenters. The van der Waals surface area contributed by atoms with Gasteiger partial charge >= 0.3 is 0 Å². The second-order valence-electron chi connectivity index (χ2n) is 11.3.